The number of hydrogen-bond donors (Lipinski definition) is 2. The number of aromatic nitrogens is 2. The number of carboxylic acids is 1. The van der Waals surface area contributed by atoms with E-state index in [1.807, 2.05) is 0 Å². The Morgan fingerprint density at radius 2 is 2.14 bits per heavy atom. The number of likely N-dealkylation sites (tertiary alicyclic amines) is 1. The summed E-state index contributed by atoms with van der Waals surface area (Å²) in [5.74, 6) is -0.399. The van der Waals surface area contributed by atoms with Crippen molar-refractivity contribution in [1.82, 2.24) is 14.5 Å². The van der Waals surface area contributed by atoms with E-state index in [0.29, 0.717) is 44.8 Å². The molecule has 2 heterocycles. The zero-order valence-corrected chi connectivity index (χ0v) is 11.9. The number of carbonyl (C=O) groups is 1. The first kappa shape index (κ1) is 15.4. The van der Waals surface area contributed by atoms with E-state index in [1.165, 1.54) is 6.20 Å². The van der Waals surface area contributed by atoms with E-state index in [0.717, 1.165) is 0 Å². The topological polar surface area (TPSA) is 128 Å². The number of piperidine rings is 1. The fourth-order valence-corrected chi connectivity index (χ4v) is 2.51. The lowest BCUT2D eigenvalue weighted by atomic mass is 9.89. The highest BCUT2D eigenvalue weighted by molar-refractivity contribution is 5.78. The van der Waals surface area contributed by atoms with Crippen LogP contribution < -0.4 is 5.73 Å². The maximum absolute atomic E-state index is 11.1. The summed E-state index contributed by atoms with van der Waals surface area (Å²) >= 11 is 0. The third kappa shape index (κ3) is 3.19. The normalized spacial score (nSPS) is 18.6. The molecule has 1 aliphatic heterocycles. The Bertz CT molecular complexity index is 548. The number of imidazole rings is 1. The Balaban J connectivity index is 1.92. The molecular formula is C12H19N5O4. The molecule has 0 aromatic carbocycles. The molecule has 0 amide bonds. The first-order chi connectivity index (χ1) is 9.83. The molecule has 21 heavy (non-hydrogen) atoms. The molecule has 0 saturated carbocycles. The number of nitro groups is 1. The molecule has 0 radical (unpaired) electrons. The van der Waals surface area contributed by atoms with Crippen LogP contribution in [0.3, 0.4) is 0 Å². The van der Waals surface area contributed by atoms with Crippen molar-refractivity contribution in [2.24, 2.45) is 5.73 Å². The van der Waals surface area contributed by atoms with Crippen molar-refractivity contribution >= 4 is 11.8 Å². The molecule has 0 unspecified atom stereocenters. The minimum Gasteiger partial charge on any atom is -0.480 e. The molecule has 0 aliphatic carbocycles. The highest BCUT2D eigenvalue weighted by atomic mass is 16.6. The van der Waals surface area contributed by atoms with E-state index >= 15 is 0 Å². The molecule has 0 bridgehead atoms. The van der Waals surface area contributed by atoms with Crippen molar-refractivity contribution in [3.8, 4) is 0 Å². The van der Waals surface area contributed by atoms with Gasteiger partial charge in [0.05, 0.1) is 0 Å². The molecule has 9 heteroatoms. The fraction of sp³-hybridized carbons (Fsp3) is 0.667. The van der Waals surface area contributed by atoms with E-state index in [2.05, 4.69) is 9.88 Å². The first-order valence-corrected chi connectivity index (χ1v) is 6.74. The number of aliphatic carboxylic acids is 1. The average Bonchev–Trinajstić information content (AvgIpc) is 2.79. The molecule has 116 valence electrons. The van der Waals surface area contributed by atoms with Gasteiger partial charge in [0, 0.05) is 26.6 Å². The van der Waals surface area contributed by atoms with Crippen molar-refractivity contribution in [3.05, 3.63) is 22.1 Å². The monoisotopic (exact) mass is 297 g/mol. The SMILES string of the molecule is Cc1ncc([N+](=O)[O-])n1CCN1CCC(N)(C(=O)O)CC1. The van der Waals surface area contributed by atoms with E-state index in [9.17, 15) is 14.9 Å². The first-order valence-electron chi connectivity index (χ1n) is 6.74. The zero-order valence-electron chi connectivity index (χ0n) is 11.9. The summed E-state index contributed by atoms with van der Waals surface area (Å²) in [6, 6.07) is 0. The van der Waals surface area contributed by atoms with Crippen molar-refractivity contribution in [1.29, 1.82) is 0 Å². The Kier molecular flexibility index (Phi) is 4.24. The summed E-state index contributed by atoms with van der Waals surface area (Å²) in [5.41, 5.74) is 4.67. The van der Waals surface area contributed by atoms with E-state index in [-0.39, 0.29) is 5.82 Å². The summed E-state index contributed by atoms with van der Waals surface area (Å²) in [6.45, 7) is 3.92. The molecule has 1 fully saturated rings. The second-order valence-electron chi connectivity index (χ2n) is 5.38. The van der Waals surface area contributed by atoms with Crippen LogP contribution in [0.2, 0.25) is 0 Å². The fourth-order valence-electron chi connectivity index (χ4n) is 2.51. The second kappa shape index (κ2) is 5.78. The molecule has 3 N–H and O–H groups in total. The van der Waals surface area contributed by atoms with Crippen LogP contribution in [0.5, 0.6) is 0 Å². The van der Waals surface area contributed by atoms with Gasteiger partial charge in [-0.2, -0.15) is 0 Å². The van der Waals surface area contributed by atoms with Gasteiger partial charge in [0.1, 0.15) is 18.3 Å². The van der Waals surface area contributed by atoms with Crippen LogP contribution in [-0.4, -0.2) is 55.6 Å². The van der Waals surface area contributed by atoms with Crippen molar-refractivity contribution in [2.75, 3.05) is 19.6 Å². The minimum atomic E-state index is -1.15. The van der Waals surface area contributed by atoms with Crippen LogP contribution in [-0.2, 0) is 11.3 Å². The number of aryl methyl sites for hydroxylation is 1. The molecule has 2 rings (SSSR count). The quantitative estimate of drug-likeness (QED) is 0.577. The van der Waals surface area contributed by atoms with Crippen LogP contribution in [0.25, 0.3) is 0 Å². The Labute approximate surface area is 121 Å². The van der Waals surface area contributed by atoms with E-state index in [1.54, 1.807) is 11.5 Å². The summed E-state index contributed by atoms with van der Waals surface area (Å²) in [6.07, 6.45) is 2.02. The van der Waals surface area contributed by atoms with Gasteiger partial charge in [-0.25, -0.2) is 9.55 Å². The minimum absolute atomic E-state index is 0.0248. The third-order valence-electron chi connectivity index (χ3n) is 4.04. The summed E-state index contributed by atoms with van der Waals surface area (Å²) in [5, 5.41) is 20.0. The maximum atomic E-state index is 11.1. The maximum Gasteiger partial charge on any atom is 0.342 e. The lowest BCUT2D eigenvalue weighted by Gasteiger charge is -2.35. The molecule has 1 saturated heterocycles. The average molecular weight is 297 g/mol. The van der Waals surface area contributed by atoms with Gasteiger partial charge in [0.15, 0.2) is 5.82 Å². The largest absolute Gasteiger partial charge is 0.480 e. The number of nitrogens with two attached hydrogens (primary N) is 1. The molecule has 1 aliphatic rings. The van der Waals surface area contributed by atoms with E-state index < -0.39 is 16.4 Å². The van der Waals surface area contributed by atoms with Gasteiger partial charge in [0.25, 0.3) is 0 Å². The van der Waals surface area contributed by atoms with E-state index in [4.69, 9.17) is 10.8 Å². The van der Waals surface area contributed by atoms with Crippen molar-refractivity contribution in [2.45, 2.75) is 31.8 Å². The van der Waals surface area contributed by atoms with Crippen molar-refractivity contribution in [3.63, 3.8) is 0 Å². The second-order valence-corrected chi connectivity index (χ2v) is 5.38. The van der Waals surface area contributed by atoms with Crippen LogP contribution in [0.4, 0.5) is 5.82 Å². The summed E-state index contributed by atoms with van der Waals surface area (Å²) in [7, 11) is 0. The number of hydrogen-bond acceptors (Lipinski definition) is 6. The van der Waals surface area contributed by atoms with Gasteiger partial charge in [-0.05, 0) is 17.8 Å². The van der Waals surface area contributed by atoms with Gasteiger partial charge in [-0.15, -0.1) is 0 Å². The van der Waals surface area contributed by atoms with Gasteiger partial charge in [-0.3, -0.25) is 9.69 Å². The molecule has 1 aromatic rings. The molecule has 1 aromatic heterocycles. The zero-order chi connectivity index (χ0) is 15.6. The van der Waals surface area contributed by atoms with Crippen LogP contribution in [0.1, 0.15) is 18.7 Å². The van der Waals surface area contributed by atoms with Crippen LogP contribution in [0, 0.1) is 17.0 Å². The van der Waals surface area contributed by atoms with Crippen molar-refractivity contribution < 1.29 is 14.8 Å². The van der Waals surface area contributed by atoms with Crippen LogP contribution in [0.15, 0.2) is 6.20 Å². The summed E-state index contributed by atoms with van der Waals surface area (Å²) in [4.78, 5) is 27.5. The smallest absolute Gasteiger partial charge is 0.342 e. The highest BCUT2D eigenvalue weighted by Crippen LogP contribution is 2.20. The molecule has 9 nitrogen and oxygen atoms in total. The lowest BCUT2D eigenvalue weighted by molar-refractivity contribution is -0.392. The Morgan fingerprint density at radius 3 is 2.67 bits per heavy atom. The predicted octanol–water partition coefficient (Wildman–Crippen LogP) is -0.0224. The molecular weight excluding hydrogens is 278 g/mol. The third-order valence-corrected chi connectivity index (χ3v) is 4.04. The molecule has 0 spiro atoms. The highest BCUT2D eigenvalue weighted by Gasteiger charge is 2.37. The standard InChI is InChI=1S/C12H19N5O4/c1-9-14-8-10(17(20)21)16(9)7-6-15-4-2-12(13,3-5-15)11(18)19/h8H,2-7,13H2,1H3,(H,18,19). The number of carboxylic acid groups (broad SMARTS) is 1. The predicted molar refractivity (Wildman–Crippen MR) is 73.8 cm³/mol. The molecule has 0 atom stereocenters. The Morgan fingerprint density at radius 1 is 1.52 bits per heavy atom. The Hall–Kier alpha value is -2.00. The summed E-state index contributed by atoms with van der Waals surface area (Å²) < 4.78 is 1.56. The van der Waals surface area contributed by atoms with Gasteiger partial charge >= 0.3 is 11.8 Å². The lowest BCUT2D eigenvalue weighted by Crippen LogP contribution is -2.55. The number of nitrogens with zero attached hydrogens (tertiary/aromatic N) is 4. The van der Waals surface area contributed by atoms with Crippen LogP contribution >= 0.6 is 0 Å². The van der Waals surface area contributed by atoms with Gasteiger partial charge in [0.2, 0.25) is 0 Å². The van der Waals surface area contributed by atoms with Gasteiger partial charge in [-0.1, -0.05) is 0 Å². The van der Waals surface area contributed by atoms with Gasteiger partial charge < -0.3 is 21.0 Å². The number of rotatable bonds is 5.